The van der Waals surface area contributed by atoms with Crippen molar-refractivity contribution in [2.45, 2.75) is 6.54 Å². The van der Waals surface area contributed by atoms with Crippen molar-refractivity contribution in [1.29, 1.82) is 0 Å². The van der Waals surface area contributed by atoms with E-state index in [1.54, 1.807) is 11.3 Å². The maximum Gasteiger partial charge on any atom is 0.123 e. The Morgan fingerprint density at radius 1 is 1.10 bits per heavy atom. The second-order valence-electron chi connectivity index (χ2n) is 5.27. The SMILES string of the molecule is C#CCN1CCN(Cc2csc(-c3ccccc3)n2)CC1. The van der Waals surface area contributed by atoms with Gasteiger partial charge in [0.05, 0.1) is 12.2 Å². The molecule has 1 fully saturated rings. The highest BCUT2D eigenvalue weighted by atomic mass is 32.1. The minimum atomic E-state index is 0.767. The number of rotatable bonds is 4. The van der Waals surface area contributed by atoms with Gasteiger partial charge >= 0.3 is 0 Å². The third-order valence-corrected chi connectivity index (χ3v) is 4.68. The lowest BCUT2D eigenvalue weighted by Crippen LogP contribution is -2.45. The van der Waals surface area contributed by atoms with Crippen LogP contribution in [-0.2, 0) is 6.54 Å². The van der Waals surface area contributed by atoms with Crippen molar-refractivity contribution in [1.82, 2.24) is 14.8 Å². The molecule has 21 heavy (non-hydrogen) atoms. The summed E-state index contributed by atoms with van der Waals surface area (Å²) in [5.74, 6) is 2.72. The molecule has 108 valence electrons. The van der Waals surface area contributed by atoms with Crippen LogP contribution in [0.3, 0.4) is 0 Å². The van der Waals surface area contributed by atoms with Crippen molar-refractivity contribution in [2.75, 3.05) is 32.7 Å². The van der Waals surface area contributed by atoms with Crippen molar-refractivity contribution in [3.05, 3.63) is 41.4 Å². The lowest BCUT2D eigenvalue weighted by atomic mass is 10.2. The van der Waals surface area contributed by atoms with Gasteiger partial charge in [-0.25, -0.2) is 4.98 Å². The molecule has 1 aromatic heterocycles. The smallest absolute Gasteiger partial charge is 0.123 e. The highest BCUT2D eigenvalue weighted by Crippen LogP contribution is 2.24. The first-order valence-corrected chi connectivity index (χ1v) is 8.11. The summed E-state index contributed by atoms with van der Waals surface area (Å²) < 4.78 is 0. The fourth-order valence-electron chi connectivity index (χ4n) is 2.56. The number of hydrogen-bond acceptors (Lipinski definition) is 4. The summed E-state index contributed by atoms with van der Waals surface area (Å²) >= 11 is 1.73. The summed E-state index contributed by atoms with van der Waals surface area (Å²) in [5.41, 5.74) is 2.37. The maximum atomic E-state index is 5.36. The van der Waals surface area contributed by atoms with Gasteiger partial charge in [0.15, 0.2) is 0 Å². The first-order chi connectivity index (χ1) is 10.3. The highest BCUT2D eigenvalue weighted by Gasteiger charge is 2.17. The molecule has 0 N–H and O–H groups in total. The Bertz CT molecular complexity index is 606. The number of piperazine rings is 1. The van der Waals surface area contributed by atoms with Crippen LogP contribution in [0.15, 0.2) is 35.7 Å². The van der Waals surface area contributed by atoms with E-state index in [9.17, 15) is 0 Å². The average molecular weight is 297 g/mol. The normalized spacial score (nSPS) is 16.7. The van der Waals surface area contributed by atoms with Crippen LogP contribution in [0.1, 0.15) is 5.69 Å². The summed E-state index contributed by atoms with van der Waals surface area (Å²) in [6.07, 6.45) is 5.36. The Labute approximate surface area is 130 Å². The summed E-state index contributed by atoms with van der Waals surface area (Å²) in [7, 11) is 0. The predicted molar refractivity (Wildman–Crippen MR) is 88.1 cm³/mol. The Hall–Kier alpha value is -1.67. The van der Waals surface area contributed by atoms with Crippen molar-refractivity contribution in [2.24, 2.45) is 0 Å². The molecule has 0 spiro atoms. The number of terminal acetylenes is 1. The molecule has 0 aliphatic carbocycles. The van der Waals surface area contributed by atoms with E-state index in [2.05, 4.69) is 45.4 Å². The van der Waals surface area contributed by atoms with E-state index in [0.717, 1.165) is 44.3 Å². The van der Waals surface area contributed by atoms with Gasteiger partial charge < -0.3 is 0 Å². The average Bonchev–Trinajstić information content (AvgIpc) is 2.99. The molecule has 4 heteroatoms. The number of hydrogen-bond donors (Lipinski definition) is 0. The van der Waals surface area contributed by atoms with E-state index in [-0.39, 0.29) is 0 Å². The lowest BCUT2D eigenvalue weighted by Gasteiger charge is -2.33. The van der Waals surface area contributed by atoms with Crippen LogP contribution < -0.4 is 0 Å². The van der Waals surface area contributed by atoms with Crippen LogP contribution >= 0.6 is 11.3 Å². The quantitative estimate of drug-likeness (QED) is 0.809. The van der Waals surface area contributed by atoms with Gasteiger partial charge in [-0.1, -0.05) is 36.3 Å². The van der Waals surface area contributed by atoms with Crippen LogP contribution in [0, 0.1) is 12.3 Å². The highest BCUT2D eigenvalue weighted by molar-refractivity contribution is 7.13. The third kappa shape index (κ3) is 3.70. The Balaban J connectivity index is 1.58. The molecule has 0 amide bonds. The fraction of sp³-hybridized carbons (Fsp3) is 0.353. The zero-order valence-corrected chi connectivity index (χ0v) is 12.9. The van der Waals surface area contributed by atoms with Gasteiger partial charge in [0, 0.05) is 43.7 Å². The molecule has 3 rings (SSSR count). The molecule has 1 saturated heterocycles. The molecule has 1 aliphatic heterocycles. The second kappa shape index (κ2) is 6.86. The van der Waals surface area contributed by atoms with Crippen molar-refractivity contribution < 1.29 is 0 Å². The number of aromatic nitrogens is 1. The number of nitrogens with zero attached hydrogens (tertiary/aromatic N) is 3. The van der Waals surface area contributed by atoms with E-state index in [4.69, 9.17) is 11.4 Å². The molecular formula is C17H19N3S. The molecule has 0 saturated carbocycles. The molecule has 1 aliphatic rings. The van der Waals surface area contributed by atoms with Crippen LogP contribution in [0.2, 0.25) is 0 Å². The Kier molecular flexibility index (Phi) is 4.66. The minimum absolute atomic E-state index is 0.767. The first-order valence-electron chi connectivity index (χ1n) is 7.23. The van der Waals surface area contributed by atoms with Crippen molar-refractivity contribution in [3.8, 4) is 22.9 Å². The van der Waals surface area contributed by atoms with Gasteiger partial charge in [0.1, 0.15) is 5.01 Å². The molecule has 0 unspecified atom stereocenters. The molecule has 2 heterocycles. The fourth-order valence-corrected chi connectivity index (χ4v) is 3.37. The van der Waals surface area contributed by atoms with Gasteiger partial charge in [-0.2, -0.15) is 0 Å². The first kappa shape index (κ1) is 14.3. The third-order valence-electron chi connectivity index (χ3n) is 3.74. The van der Waals surface area contributed by atoms with Crippen molar-refractivity contribution >= 4 is 11.3 Å². The zero-order chi connectivity index (χ0) is 14.5. The van der Waals surface area contributed by atoms with E-state index in [1.807, 2.05) is 6.07 Å². The number of benzene rings is 1. The van der Waals surface area contributed by atoms with Gasteiger partial charge in [-0.3, -0.25) is 9.80 Å². The summed E-state index contributed by atoms with van der Waals surface area (Å²) in [6, 6.07) is 10.4. The molecule has 2 aromatic rings. The Morgan fingerprint density at radius 3 is 2.52 bits per heavy atom. The van der Waals surface area contributed by atoms with Crippen molar-refractivity contribution in [3.63, 3.8) is 0 Å². The van der Waals surface area contributed by atoms with E-state index >= 15 is 0 Å². The molecule has 1 aromatic carbocycles. The molecule has 0 atom stereocenters. The molecule has 0 bridgehead atoms. The molecular weight excluding hydrogens is 278 g/mol. The van der Waals surface area contributed by atoms with Crippen LogP contribution in [0.5, 0.6) is 0 Å². The van der Waals surface area contributed by atoms with E-state index in [1.165, 1.54) is 11.3 Å². The zero-order valence-electron chi connectivity index (χ0n) is 12.0. The van der Waals surface area contributed by atoms with Crippen LogP contribution in [0.25, 0.3) is 10.6 Å². The lowest BCUT2D eigenvalue weighted by molar-refractivity contribution is 0.137. The van der Waals surface area contributed by atoms with Gasteiger partial charge in [-0.15, -0.1) is 17.8 Å². The van der Waals surface area contributed by atoms with Crippen LogP contribution in [-0.4, -0.2) is 47.5 Å². The summed E-state index contributed by atoms with van der Waals surface area (Å²) in [6.45, 7) is 5.95. The van der Waals surface area contributed by atoms with Crippen LogP contribution in [0.4, 0.5) is 0 Å². The number of thiazole rings is 1. The van der Waals surface area contributed by atoms with E-state index in [0.29, 0.717) is 0 Å². The topological polar surface area (TPSA) is 19.4 Å². The largest absolute Gasteiger partial charge is 0.295 e. The summed E-state index contributed by atoms with van der Waals surface area (Å²) in [4.78, 5) is 9.54. The molecule has 3 nitrogen and oxygen atoms in total. The second-order valence-corrected chi connectivity index (χ2v) is 6.12. The standard InChI is InChI=1S/C17H19N3S/c1-2-8-19-9-11-20(12-10-19)13-16-14-21-17(18-16)15-6-4-3-5-7-15/h1,3-7,14H,8-13H2. The van der Waals surface area contributed by atoms with Gasteiger partial charge in [0.2, 0.25) is 0 Å². The summed E-state index contributed by atoms with van der Waals surface area (Å²) in [5, 5.41) is 3.28. The van der Waals surface area contributed by atoms with Gasteiger partial charge in [-0.05, 0) is 0 Å². The maximum absolute atomic E-state index is 5.36. The monoisotopic (exact) mass is 297 g/mol. The van der Waals surface area contributed by atoms with Gasteiger partial charge in [0.25, 0.3) is 0 Å². The van der Waals surface area contributed by atoms with E-state index < -0.39 is 0 Å². The minimum Gasteiger partial charge on any atom is -0.295 e. The predicted octanol–water partition coefficient (Wildman–Crippen LogP) is 2.56. The molecule has 0 radical (unpaired) electrons. The Morgan fingerprint density at radius 2 is 1.81 bits per heavy atom.